The fraction of sp³-hybridized carbons (Fsp3) is 0.190. The molecule has 0 fully saturated rings. The first-order chi connectivity index (χ1) is 13.7. The number of amides is 2. The molecule has 1 aliphatic heterocycles. The van der Waals surface area contributed by atoms with Gasteiger partial charge in [0.1, 0.15) is 18.1 Å². The summed E-state index contributed by atoms with van der Waals surface area (Å²) in [7, 11) is 1.56. The first-order valence-corrected chi connectivity index (χ1v) is 9.02. The number of nitrogens with zero attached hydrogens (tertiary/aromatic N) is 1. The fourth-order valence-electron chi connectivity index (χ4n) is 3.38. The number of hydrogen-bond acceptors (Lipinski definition) is 4. The van der Waals surface area contributed by atoms with Crippen molar-refractivity contribution >= 4 is 17.6 Å². The second kappa shape index (κ2) is 7.56. The van der Waals surface area contributed by atoms with E-state index in [2.05, 4.69) is 20.8 Å². The van der Waals surface area contributed by atoms with E-state index in [1.54, 1.807) is 7.05 Å². The van der Waals surface area contributed by atoms with Crippen LogP contribution in [-0.2, 0) is 11.4 Å². The monoisotopic (exact) mass is 376 g/mol. The molecule has 3 N–H and O–H groups in total. The molecule has 0 radical (unpaired) electrons. The molecule has 0 saturated heterocycles. The third kappa shape index (κ3) is 3.46. The lowest BCUT2D eigenvalue weighted by Gasteiger charge is -2.23. The summed E-state index contributed by atoms with van der Waals surface area (Å²) in [5.41, 5.74) is 3.09. The summed E-state index contributed by atoms with van der Waals surface area (Å²) in [6.45, 7) is 0.485. The molecule has 7 heteroatoms. The fourth-order valence-corrected chi connectivity index (χ4v) is 3.38. The molecule has 142 valence electrons. The van der Waals surface area contributed by atoms with Gasteiger partial charge in [0.05, 0.1) is 0 Å². The average Bonchev–Trinajstić information content (AvgIpc) is 3.16. The number of fused-ring (bicyclic) bond motifs is 1. The summed E-state index contributed by atoms with van der Waals surface area (Å²) in [6.07, 6.45) is 0.251. The SMILES string of the molecule is CNC(=O)c1[nH]nc2c1C(c1ccc(OCc3ccccc3)cc1)CC(=O)N2. The van der Waals surface area contributed by atoms with E-state index in [1.165, 1.54) is 0 Å². The lowest BCUT2D eigenvalue weighted by molar-refractivity contribution is -0.116. The molecular formula is C21H20N4O3. The standard InChI is InChI=1S/C21H20N4O3/c1-22-21(27)19-18-16(11-17(26)23-20(18)25-24-19)14-7-9-15(10-8-14)28-12-13-5-3-2-4-6-13/h2-10,16H,11-12H2,1H3,(H,22,27)(H2,23,24,25,26). The van der Waals surface area contributed by atoms with Gasteiger partial charge in [-0.05, 0) is 23.3 Å². The van der Waals surface area contributed by atoms with Gasteiger partial charge in [0.2, 0.25) is 5.91 Å². The second-order valence-electron chi connectivity index (χ2n) is 6.59. The van der Waals surface area contributed by atoms with E-state index >= 15 is 0 Å². The predicted molar refractivity (Wildman–Crippen MR) is 104 cm³/mol. The van der Waals surface area contributed by atoms with Crippen molar-refractivity contribution in [3.8, 4) is 5.75 Å². The number of ether oxygens (including phenoxy) is 1. The van der Waals surface area contributed by atoms with Gasteiger partial charge in [-0.1, -0.05) is 42.5 Å². The van der Waals surface area contributed by atoms with Crippen LogP contribution in [0.25, 0.3) is 0 Å². The topological polar surface area (TPSA) is 96.1 Å². The number of aromatic nitrogens is 2. The third-order valence-corrected chi connectivity index (χ3v) is 4.78. The zero-order chi connectivity index (χ0) is 19.5. The quantitative estimate of drug-likeness (QED) is 0.638. The predicted octanol–water partition coefficient (Wildman–Crippen LogP) is 2.82. The Labute approximate surface area is 162 Å². The summed E-state index contributed by atoms with van der Waals surface area (Å²) in [5, 5.41) is 12.1. The molecule has 2 aromatic carbocycles. The first-order valence-electron chi connectivity index (χ1n) is 9.02. The van der Waals surface area contributed by atoms with E-state index < -0.39 is 0 Å². The number of carbonyl (C=O) groups is 2. The van der Waals surface area contributed by atoms with E-state index in [1.807, 2.05) is 54.6 Å². The van der Waals surface area contributed by atoms with Gasteiger partial charge in [-0.2, -0.15) is 5.10 Å². The number of benzene rings is 2. The van der Waals surface area contributed by atoms with Gasteiger partial charge in [-0.15, -0.1) is 0 Å². The molecule has 0 aliphatic carbocycles. The number of rotatable bonds is 5. The van der Waals surface area contributed by atoms with Crippen molar-refractivity contribution in [3.63, 3.8) is 0 Å². The number of anilines is 1. The summed E-state index contributed by atoms with van der Waals surface area (Å²) in [4.78, 5) is 24.3. The Hall–Kier alpha value is -3.61. The Balaban J connectivity index is 1.57. The minimum absolute atomic E-state index is 0.128. The van der Waals surface area contributed by atoms with Crippen LogP contribution in [-0.4, -0.2) is 29.1 Å². The van der Waals surface area contributed by atoms with Crippen molar-refractivity contribution in [1.82, 2.24) is 15.5 Å². The zero-order valence-electron chi connectivity index (χ0n) is 15.4. The molecule has 0 saturated carbocycles. The molecule has 0 bridgehead atoms. The molecule has 7 nitrogen and oxygen atoms in total. The highest BCUT2D eigenvalue weighted by Crippen LogP contribution is 2.38. The van der Waals surface area contributed by atoms with Crippen LogP contribution in [0.3, 0.4) is 0 Å². The maximum Gasteiger partial charge on any atom is 0.269 e. The third-order valence-electron chi connectivity index (χ3n) is 4.78. The smallest absolute Gasteiger partial charge is 0.269 e. The van der Waals surface area contributed by atoms with Crippen molar-refractivity contribution in [1.29, 1.82) is 0 Å². The molecule has 0 spiro atoms. The van der Waals surface area contributed by atoms with E-state index in [0.29, 0.717) is 23.7 Å². The largest absolute Gasteiger partial charge is 0.489 e. The lowest BCUT2D eigenvalue weighted by atomic mass is 9.85. The van der Waals surface area contributed by atoms with Crippen molar-refractivity contribution in [3.05, 3.63) is 77.0 Å². The molecule has 4 rings (SSSR count). The van der Waals surface area contributed by atoms with Crippen LogP contribution < -0.4 is 15.4 Å². The summed E-state index contributed by atoms with van der Waals surface area (Å²) in [5.74, 6) is 0.503. The van der Waals surface area contributed by atoms with Crippen LogP contribution >= 0.6 is 0 Å². The molecule has 3 aromatic rings. The average molecular weight is 376 g/mol. The van der Waals surface area contributed by atoms with Gasteiger partial charge in [0.15, 0.2) is 5.82 Å². The van der Waals surface area contributed by atoms with Crippen molar-refractivity contribution in [2.24, 2.45) is 0 Å². The molecule has 2 heterocycles. The molecule has 1 atom stereocenters. The van der Waals surface area contributed by atoms with Gasteiger partial charge in [-0.25, -0.2) is 0 Å². The maximum absolute atomic E-state index is 12.2. The van der Waals surface area contributed by atoms with Crippen molar-refractivity contribution in [2.45, 2.75) is 18.9 Å². The Kier molecular flexibility index (Phi) is 4.80. The highest BCUT2D eigenvalue weighted by atomic mass is 16.5. The Morgan fingerprint density at radius 1 is 1.18 bits per heavy atom. The lowest BCUT2D eigenvalue weighted by Crippen LogP contribution is -2.26. The number of carbonyl (C=O) groups excluding carboxylic acids is 2. The molecular weight excluding hydrogens is 356 g/mol. The van der Waals surface area contributed by atoms with Crippen molar-refractivity contribution in [2.75, 3.05) is 12.4 Å². The molecule has 1 aliphatic rings. The Bertz CT molecular complexity index is 996. The minimum atomic E-state index is -0.266. The van der Waals surface area contributed by atoms with Crippen molar-refractivity contribution < 1.29 is 14.3 Å². The van der Waals surface area contributed by atoms with Crippen LogP contribution in [0.1, 0.15) is 39.5 Å². The molecule has 2 amide bonds. The highest BCUT2D eigenvalue weighted by molar-refractivity contribution is 6.00. The zero-order valence-corrected chi connectivity index (χ0v) is 15.4. The van der Waals surface area contributed by atoms with Crippen LogP contribution in [0.5, 0.6) is 5.75 Å². The summed E-state index contributed by atoms with van der Waals surface area (Å²) in [6, 6.07) is 17.5. The Morgan fingerprint density at radius 2 is 1.93 bits per heavy atom. The van der Waals surface area contributed by atoms with Crippen LogP contribution in [0.15, 0.2) is 54.6 Å². The number of H-pyrrole nitrogens is 1. The molecule has 28 heavy (non-hydrogen) atoms. The van der Waals surface area contributed by atoms with E-state index in [9.17, 15) is 9.59 Å². The maximum atomic E-state index is 12.2. The molecule has 1 aromatic heterocycles. The number of hydrogen-bond donors (Lipinski definition) is 3. The van der Waals surface area contributed by atoms with Gasteiger partial charge in [-0.3, -0.25) is 14.7 Å². The Morgan fingerprint density at radius 3 is 2.64 bits per heavy atom. The van der Waals surface area contributed by atoms with Gasteiger partial charge in [0.25, 0.3) is 5.91 Å². The van der Waals surface area contributed by atoms with E-state index in [0.717, 1.165) is 16.9 Å². The van der Waals surface area contributed by atoms with Crippen LogP contribution in [0, 0.1) is 0 Å². The summed E-state index contributed by atoms with van der Waals surface area (Å²) < 4.78 is 5.83. The number of nitrogens with one attached hydrogen (secondary N) is 3. The number of aromatic amines is 1. The van der Waals surface area contributed by atoms with Gasteiger partial charge in [0, 0.05) is 24.9 Å². The minimum Gasteiger partial charge on any atom is -0.489 e. The normalized spacial score (nSPS) is 15.5. The first kappa shape index (κ1) is 17.8. The second-order valence-corrected chi connectivity index (χ2v) is 6.59. The van der Waals surface area contributed by atoms with Gasteiger partial charge < -0.3 is 15.4 Å². The van der Waals surface area contributed by atoms with E-state index in [4.69, 9.17) is 4.74 Å². The van der Waals surface area contributed by atoms with Crippen LogP contribution in [0.2, 0.25) is 0 Å². The van der Waals surface area contributed by atoms with Crippen LogP contribution in [0.4, 0.5) is 5.82 Å². The summed E-state index contributed by atoms with van der Waals surface area (Å²) >= 11 is 0. The highest BCUT2D eigenvalue weighted by Gasteiger charge is 2.33. The van der Waals surface area contributed by atoms with Gasteiger partial charge >= 0.3 is 0 Å². The molecule has 1 unspecified atom stereocenters. The van der Waals surface area contributed by atoms with E-state index in [-0.39, 0.29) is 24.2 Å².